The van der Waals surface area contributed by atoms with Gasteiger partial charge in [-0.25, -0.2) is 0 Å². The molecule has 0 fully saturated rings. The van der Waals surface area contributed by atoms with Crippen LogP contribution in [0.5, 0.6) is 5.75 Å². The fourth-order valence-electron chi connectivity index (χ4n) is 1.66. The Labute approximate surface area is 116 Å². The van der Waals surface area contributed by atoms with Gasteiger partial charge in [-0.2, -0.15) is 28.2 Å². The molecule has 1 N–H and O–H groups in total. The molecule has 0 aliphatic carbocycles. The first kappa shape index (κ1) is 14.6. The van der Waals surface area contributed by atoms with Gasteiger partial charge in [-0.15, -0.1) is 0 Å². The van der Waals surface area contributed by atoms with Gasteiger partial charge in [0.25, 0.3) is 5.56 Å². The van der Waals surface area contributed by atoms with E-state index in [1.165, 1.54) is 0 Å². The zero-order chi connectivity index (χ0) is 15.6. The van der Waals surface area contributed by atoms with E-state index in [0.29, 0.717) is 0 Å². The van der Waals surface area contributed by atoms with Crippen LogP contribution in [0.2, 0.25) is 0 Å². The van der Waals surface area contributed by atoms with Crippen molar-refractivity contribution in [3.8, 4) is 17.5 Å². The number of aromatic hydroxyl groups is 1. The normalized spacial score (nSPS) is 11.1. The lowest BCUT2D eigenvalue weighted by Crippen LogP contribution is -2.21. The minimum atomic E-state index is -4.47. The van der Waals surface area contributed by atoms with Crippen molar-refractivity contribution in [2.45, 2.75) is 12.6 Å². The van der Waals surface area contributed by atoms with Crippen molar-refractivity contribution in [1.29, 1.82) is 5.26 Å². The fourth-order valence-corrected chi connectivity index (χ4v) is 1.66. The van der Waals surface area contributed by atoms with E-state index < -0.39 is 23.0 Å². The lowest BCUT2D eigenvalue weighted by atomic mass is 10.2. The Hall–Kier alpha value is -2.82. The van der Waals surface area contributed by atoms with Gasteiger partial charge in [0.1, 0.15) is 11.4 Å². The van der Waals surface area contributed by atoms with E-state index >= 15 is 0 Å². The highest BCUT2D eigenvalue weighted by atomic mass is 19.4. The van der Waals surface area contributed by atoms with E-state index in [9.17, 15) is 23.1 Å². The summed E-state index contributed by atoms with van der Waals surface area (Å²) in [5.41, 5.74) is -1.49. The van der Waals surface area contributed by atoms with Gasteiger partial charge >= 0.3 is 6.18 Å². The number of hydrogen-bond acceptors (Lipinski definition) is 4. The molecule has 0 unspecified atom stereocenters. The predicted molar refractivity (Wildman–Crippen MR) is 65.8 cm³/mol. The van der Waals surface area contributed by atoms with Crippen LogP contribution in [0.1, 0.15) is 11.3 Å². The maximum Gasteiger partial charge on any atom is 0.416 e. The highest BCUT2D eigenvalue weighted by Crippen LogP contribution is 2.29. The second kappa shape index (κ2) is 5.28. The number of rotatable bonds is 2. The molecule has 0 aliphatic rings. The molecule has 0 saturated carbocycles. The van der Waals surface area contributed by atoms with Crippen molar-refractivity contribution >= 4 is 0 Å². The molecule has 5 nitrogen and oxygen atoms in total. The van der Waals surface area contributed by atoms with Gasteiger partial charge in [-0.3, -0.25) is 4.79 Å². The third kappa shape index (κ3) is 3.02. The molecule has 2 aromatic rings. The topological polar surface area (TPSA) is 78.9 Å². The van der Waals surface area contributed by atoms with E-state index in [0.717, 1.165) is 35.0 Å². The Morgan fingerprint density at radius 2 is 1.90 bits per heavy atom. The van der Waals surface area contributed by atoms with E-state index in [1.807, 2.05) is 0 Å². The second-order valence-corrected chi connectivity index (χ2v) is 4.11. The number of benzene rings is 1. The molecule has 0 atom stereocenters. The Bertz CT molecular complexity index is 758. The SMILES string of the molecule is N#CCc1nn(-c2ccc(C(F)(F)F)cc2)c(=O)cc1O. The lowest BCUT2D eigenvalue weighted by molar-refractivity contribution is -0.137. The molecule has 1 aromatic carbocycles. The van der Waals surface area contributed by atoms with E-state index in [-0.39, 0.29) is 17.8 Å². The molecule has 0 amide bonds. The summed E-state index contributed by atoms with van der Waals surface area (Å²) in [4.78, 5) is 11.7. The summed E-state index contributed by atoms with van der Waals surface area (Å²) in [7, 11) is 0. The monoisotopic (exact) mass is 295 g/mol. The molecular weight excluding hydrogens is 287 g/mol. The highest BCUT2D eigenvalue weighted by Gasteiger charge is 2.30. The quantitative estimate of drug-likeness (QED) is 0.919. The smallest absolute Gasteiger partial charge is 0.416 e. The maximum absolute atomic E-state index is 12.5. The molecule has 0 bridgehead atoms. The van der Waals surface area contributed by atoms with E-state index in [4.69, 9.17) is 5.26 Å². The fraction of sp³-hybridized carbons (Fsp3) is 0.154. The van der Waals surface area contributed by atoms with Crippen LogP contribution < -0.4 is 5.56 Å². The Kier molecular flexibility index (Phi) is 3.67. The van der Waals surface area contributed by atoms with Crippen molar-refractivity contribution in [2.24, 2.45) is 0 Å². The minimum Gasteiger partial charge on any atom is -0.506 e. The average Bonchev–Trinajstić information content (AvgIpc) is 2.41. The van der Waals surface area contributed by atoms with Gasteiger partial charge in [-0.05, 0) is 24.3 Å². The van der Waals surface area contributed by atoms with Crippen molar-refractivity contribution in [2.75, 3.05) is 0 Å². The summed E-state index contributed by atoms with van der Waals surface area (Å²) in [6.07, 6.45) is -4.70. The van der Waals surface area contributed by atoms with Crippen LogP contribution in [0.15, 0.2) is 35.1 Å². The second-order valence-electron chi connectivity index (χ2n) is 4.11. The lowest BCUT2D eigenvalue weighted by Gasteiger charge is -2.09. The molecule has 8 heteroatoms. The summed E-state index contributed by atoms with van der Waals surface area (Å²) in [6, 6.07) is 6.44. The first-order valence-electron chi connectivity index (χ1n) is 5.69. The van der Waals surface area contributed by atoms with Crippen LogP contribution >= 0.6 is 0 Å². The van der Waals surface area contributed by atoms with Crippen LogP contribution in [0.4, 0.5) is 13.2 Å². The number of nitrogens with zero attached hydrogens (tertiary/aromatic N) is 3. The number of halogens is 3. The van der Waals surface area contributed by atoms with Gasteiger partial charge < -0.3 is 5.11 Å². The largest absolute Gasteiger partial charge is 0.506 e. The Balaban J connectivity index is 2.50. The molecule has 21 heavy (non-hydrogen) atoms. The third-order valence-corrected chi connectivity index (χ3v) is 2.67. The van der Waals surface area contributed by atoms with Crippen LogP contribution in [-0.4, -0.2) is 14.9 Å². The third-order valence-electron chi connectivity index (χ3n) is 2.67. The minimum absolute atomic E-state index is 0.0306. The van der Waals surface area contributed by atoms with Gasteiger partial charge in [0, 0.05) is 6.07 Å². The van der Waals surface area contributed by atoms with Gasteiger partial charge in [-0.1, -0.05) is 0 Å². The van der Waals surface area contributed by atoms with Crippen LogP contribution in [0, 0.1) is 11.3 Å². The molecule has 0 radical (unpaired) electrons. The molecule has 0 spiro atoms. The molecule has 1 heterocycles. The summed E-state index contributed by atoms with van der Waals surface area (Å²) in [5.74, 6) is -0.426. The zero-order valence-corrected chi connectivity index (χ0v) is 10.4. The van der Waals surface area contributed by atoms with E-state index in [2.05, 4.69) is 5.10 Å². The number of aromatic nitrogens is 2. The number of hydrogen-bond donors (Lipinski definition) is 1. The Morgan fingerprint density at radius 1 is 1.29 bits per heavy atom. The summed E-state index contributed by atoms with van der Waals surface area (Å²) in [6.45, 7) is 0. The van der Waals surface area contributed by atoms with Gasteiger partial charge in [0.2, 0.25) is 0 Å². The molecule has 108 valence electrons. The van der Waals surface area contributed by atoms with Crippen molar-refractivity contribution in [3.05, 3.63) is 51.9 Å². The first-order valence-corrected chi connectivity index (χ1v) is 5.69. The van der Waals surface area contributed by atoms with Crippen molar-refractivity contribution < 1.29 is 18.3 Å². The van der Waals surface area contributed by atoms with Gasteiger partial charge in [0.05, 0.1) is 23.7 Å². The molecule has 1 aromatic heterocycles. The summed E-state index contributed by atoms with van der Waals surface area (Å²) < 4.78 is 38.2. The average molecular weight is 295 g/mol. The molecule has 0 saturated heterocycles. The molecular formula is C13H8F3N3O2. The van der Waals surface area contributed by atoms with Crippen LogP contribution in [0.3, 0.4) is 0 Å². The zero-order valence-electron chi connectivity index (χ0n) is 10.4. The maximum atomic E-state index is 12.5. The highest BCUT2D eigenvalue weighted by molar-refractivity contribution is 5.36. The number of nitriles is 1. The summed E-state index contributed by atoms with van der Waals surface area (Å²) in [5, 5.41) is 21.8. The first-order chi connectivity index (χ1) is 9.82. The van der Waals surface area contributed by atoms with Crippen molar-refractivity contribution in [3.63, 3.8) is 0 Å². The van der Waals surface area contributed by atoms with Crippen LogP contribution in [0.25, 0.3) is 5.69 Å². The Morgan fingerprint density at radius 3 is 2.43 bits per heavy atom. The molecule has 2 rings (SSSR count). The predicted octanol–water partition coefficient (Wildman–Crippen LogP) is 2.02. The van der Waals surface area contributed by atoms with Crippen LogP contribution in [-0.2, 0) is 12.6 Å². The number of alkyl halides is 3. The van der Waals surface area contributed by atoms with E-state index in [1.54, 1.807) is 6.07 Å². The summed E-state index contributed by atoms with van der Waals surface area (Å²) >= 11 is 0. The van der Waals surface area contributed by atoms with Gasteiger partial charge in [0.15, 0.2) is 0 Å². The van der Waals surface area contributed by atoms with Crippen molar-refractivity contribution in [1.82, 2.24) is 9.78 Å². The standard InChI is InChI=1S/C13H8F3N3O2/c14-13(15,16)8-1-3-9(4-2-8)19-12(21)7-11(20)10(18-19)5-6-17/h1-4,7,20H,5H2. The molecule has 0 aliphatic heterocycles.